The average Bonchev–Trinajstić information content (AvgIpc) is 3.23. The second-order valence-electron chi connectivity index (χ2n) is 7.42. The van der Waals surface area contributed by atoms with E-state index in [9.17, 15) is 9.59 Å². The highest BCUT2D eigenvalue weighted by Crippen LogP contribution is 2.19. The van der Waals surface area contributed by atoms with Crippen LogP contribution in [-0.2, 0) is 16.1 Å². The first-order valence-electron chi connectivity index (χ1n) is 10.3. The Morgan fingerprint density at radius 2 is 1.68 bits per heavy atom. The van der Waals surface area contributed by atoms with E-state index >= 15 is 0 Å². The van der Waals surface area contributed by atoms with Crippen molar-refractivity contribution in [2.45, 2.75) is 38.8 Å². The summed E-state index contributed by atoms with van der Waals surface area (Å²) in [4.78, 5) is 30.3. The lowest BCUT2D eigenvalue weighted by molar-refractivity contribution is 0.0625. The van der Waals surface area contributed by atoms with Crippen LogP contribution in [0.1, 0.15) is 31.7 Å². The summed E-state index contributed by atoms with van der Waals surface area (Å²) in [7, 11) is 0. The van der Waals surface area contributed by atoms with Gasteiger partial charge in [-0.05, 0) is 18.4 Å². The number of rotatable bonds is 6. The van der Waals surface area contributed by atoms with Crippen LogP contribution in [0.2, 0.25) is 0 Å². The van der Waals surface area contributed by atoms with Crippen LogP contribution in [0.15, 0.2) is 30.3 Å². The van der Waals surface area contributed by atoms with E-state index in [1.54, 1.807) is 9.80 Å². The zero-order valence-corrected chi connectivity index (χ0v) is 16.7. The lowest BCUT2D eigenvalue weighted by Gasteiger charge is -2.37. The zero-order chi connectivity index (χ0) is 19.8. The SMILES string of the molecule is CCCCOC(=O)N1CCN(C2CCN(C(=O)OCc3ccccc3)C2)CC1. The van der Waals surface area contributed by atoms with Gasteiger partial charge in [0.25, 0.3) is 0 Å². The summed E-state index contributed by atoms with van der Waals surface area (Å²) in [6.45, 7) is 7.29. The number of carbonyl (C=O) groups is 2. The number of benzene rings is 1. The number of hydrogen-bond acceptors (Lipinski definition) is 5. The molecule has 28 heavy (non-hydrogen) atoms. The third kappa shape index (κ3) is 5.61. The Kier molecular flexibility index (Phi) is 7.54. The summed E-state index contributed by atoms with van der Waals surface area (Å²) < 4.78 is 10.7. The zero-order valence-electron chi connectivity index (χ0n) is 16.7. The molecule has 7 heteroatoms. The van der Waals surface area contributed by atoms with Crippen LogP contribution < -0.4 is 0 Å². The first-order valence-corrected chi connectivity index (χ1v) is 10.3. The van der Waals surface area contributed by atoms with Crippen LogP contribution in [0.3, 0.4) is 0 Å². The van der Waals surface area contributed by atoms with E-state index in [0.29, 0.717) is 38.9 Å². The lowest BCUT2D eigenvalue weighted by atomic mass is 10.2. The first kappa shape index (κ1) is 20.5. The van der Waals surface area contributed by atoms with E-state index in [0.717, 1.165) is 44.5 Å². The minimum Gasteiger partial charge on any atom is -0.449 e. The maximum atomic E-state index is 12.3. The molecule has 2 aliphatic rings. The van der Waals surface area contributed by atoms with Gasteiger partial charge in [0, 0.05) is 45.3 Å². The molecule has 2 saturated heterocycles. The fourth-order valence-electron chi connectivity index (χ4n) is 3.68. The van der Waals surface area contributed by atoms with Gasteiger partial charge in [-0.25, -0.2) is 9.59 Å². The molecule has 2 amide bonds. The minimum atomic E-state index is -0.246. The Bertz CT molecular complexity index is 632. The Hall–Kier alpha value is -2.28. The molecule has 2 heterocycles. The summed E-state index contributed by atoms with van der Waals surface area (Å²) in [5.41, 5.74) is 0.994. The molecule has 1 aromatic carbocycles. The summed E-state index contributed by atoms with van der Waals surface area (Å²) in [6, 6.07) is 10.1. The van der Waals surface area contributed by atoms with Gasteiger partial charge in [-0.1, -0.05) is 43.7 Å². The highest BCUT2D eigenvalue weighted by atomic mass is 16.6. The smallest absolute Gasteiger partial charge is 0.410 e. The van der Waals surface area contributed by atoms with Crippen LogP contribution in [0.5, 0.6) is 0 Å². The Morgan fingerprint density at radius 3 is 2.39 bits per heavy atom. The second kappa shape index (κ2) is 10.3. The van der Waals surface area contributed by atoms with E-state index in [2.05, 4.69) is 11.8 Å². The molecule has 0 aliphatic carbocycles. The lowest BCUT2D eigenvalue weighted by Crippen LogP contribution is -2.52. The number of amides is 2. The van der Waals surface area contributed by atoms with Crippen LogP contribution in [0.4, 0.5) is 9.59 Å². The van der Waals surface area contributed by atoms with Crippen LogP contribution in [0.25, 0.3) is 0 Å². The molecule has 1 atom stereocenters. The van der Waals surface area contributed by atoms with E-state index in [-0.39, 0.29) is 12.2 Å². The molecule has 0 bridgehead atoms. The van der Waals surface area contributed by atoms with Crippen LogP contribution in [0, 0.1) is 0 Å². The Labute approximate surface area is 167 Å². The van der Waals surface area contributed by atoms with Crippen molar-refractivity contribution in [3.8, 4) is 0 Å². The van der Waals surface area contributed by atoms with Gasteiger partial charge in [0.15, 0.2) is 0 Å². The van der Waals surface area contributed by atoms with Crippen molar-refractivity contribution in [2.75, 3.05) is 45.9 Å². The van der Waals surface area contributed by atoms with Crippen molar-refractivity contribution in [2.24, 2.45) is 0 Å². The minimum absolute atomic E-state index is 0.203. The average molecular weight is 389 g/mol. The summed E-state index contributed by atoms with van der Waals surface area (Å²) in [5.74, 6) is 0. The fraction of sp³-hybridized carbons (Fsp3) is 0.619. The van der Waals surface area contributed by atoms with Gasteiger partial charge >= 0.3 is 12.2 Å². The van der Waals surface area contributed by atoms with Crippen molar-refractivity contribution in [1.29, 1.82) is 0 Å². The van der Waals surface area contributed by atoms with Gasteiger partial charge in [-0.15, -0.1) is 0 Å². The van der Waals surface area contributed by atoms with E-state index < -0.39 is 0 Å². The van der Waals surface area contributed by atoms with E-state index in [1.807, 2.05) is 30.3 Å². The molecule has 0 spiro atoms. The maximum absolute atomic E-state index is 12.3. The highest BCUT2D eigenvalue weighted by Gasteiger charge is 2.33. The number of nitrogens with zero attached hydrogens (tertiary/aromatic N) is 3. The molecular formula is C21H31N3O4. The van der Waals surface area contributed by atoms with Gasteiger partial charge < -0.3 is 19.3 Å². The third-order valence-corrected chi connectivity index (χ3v) is 5.44. The molecule has 0 radical (unpaired) electrons. The molecular weight excluding hydrogens is 358 g/mol. The maximum Gasteiger partial charge on any atom is 0.410 e. The van der Waals surface area contributed by atoms with Crippen molar-refractivity contribution in [3.63, 3.8) is 0 Å². The van der Waals surface area contributed by atoms with Crippen molar-refractivity contribution >= 4 is 12.2 Å². The number of unbranched alkanes of at least 4 members (excludes halogenated alkanes) is 1. The number of likely N-dealkylation sites (tertiary alicyclic amines) is 1. The van der Waals surface area contributed by atoms with E-state index in [1.165, 1.54) is 0 Å². The van der Waals surface area contributed by atoms with Crippen molar-refractivity contribution < 1.29 is 19.1 Å². The molecule has 1 unspecified atom stereocenters. The monoisotopic (exact) mass is 389 g/mol. The Morgan fingerprint density at radius 1 is 0.964 bits per heavy atom. The van der Waals surface area contributed by atoms with Crippen molar-refractivity contribution in [3.05, 3.63) is 35.9 Å². The molecule has 0 saturated carbocycles. The first-order chi connectivity index (χ1) is 13.7. The largest absolute Gasteiger partial charge is 0.449 e. The summed E-state index contributed by atoms with van der Waals surface area (Å²) >= 11 is 0. The molecule has 2 fully saturated rings. The van der Waals surface area contributed by atoms with Crippen LogP contribution >= 0.6 is 0 Å². The molecule has 0 aromatic heterocycles. The predicted octanol–water partition coefficient (Wildman–Crippen LogP) is 2.95. The van der Waals surface area contributed by atoms with Gasteiger partial charge in [-0.3, -0.25) is 4.90 Å². The van der Waals surface area contributed by atoms with Crippen molar-refractivity contribution in [1.82, 2.24) is 14.7 Å². The van der Waals surface area contributed by atoms with E-state index in [4.69, 9.17) is 9.47 Å². The number of carbonyl (C=O) groups excluding carboxylic acids is 2. The molecule has 0 N–H and O–H groups in total. The number of piperazine rings is 1. The molecule has 154 valence electrons. The van der Waals surface area contributed by atoms with Gasteiger partial charge in [0.2, 0.25) is 0 Å². The predicted molar refractivity (Wildman–Crippen MR) is 106 cm³/mol. The van der Waals surface area contributed by atoms with Gasteiger partial charge in [0.1, 0.15) is 6.61 Å². The Balaban J connectivity index is 1.37. The quantitative estimate of drug-likeness (QED) is 0.700. The molecule has 2 aliphatic heterocycles. The third-order valence-electron chi connectivity index (χ3n) is 5.44. The summed E-state index contributed by atoms with van der Waals surface area (Å²) in [5, 5.41) is 0. The standard InChI is InChI=1S/C21H31N3O4/c1-2-3-15-27-20(25)23-13-11-22(12-14-23)19-9-10-24(16-19)21(26)28-17-18-7-5-4-6-8-18/h4-8,19H,2-3,9-17H2,1H3. The number of ether oxygens (including phenoxy) is 2. The van der Waals surface area contributed by atoms with Gasteiger partial charge in [-0.2, -0.15) is 0 Å². The normalized spacial score (nSPS) is 20.2. The topological polar surface area (TPSA) is 62.3 Å². The fourth-order valence-corrected chi connectivity index (χ4v) is 3.68. The van der Waals surface area contributed by atoms with Gasteiger partial charge in [0.05, 0.1) is 6.61 Å². The second-order valence-corrected chi connectivity index (χ2v) is 7.42. The number of hydrogen-bond donors (Lipinski definition) is 0. The van der Waals surface area contributed by atoms with Crippen LogP contribution in [-0.4, -0.2) is 78.8 Å². The molecule has 7 nitrogen and oxygen atoms in total. The summed E-state index contributed by atoms with van der Waals surface area (Å²) in [6.07, 6.45) is 2.42. The highest BCUT2D eigenvalue weighted by molar-refractivity contribution is 5.68. The molecule has 3 rings (SSSR count). The molecule has 1 aromatic rings.